The highest BCUT2D eigenvalue weighted by Crippen LogP contribution is 1.83. The van der Waals surface area contributed by atoms with Gasteiger partial charge in [0.15, 0.2) is 0 Å². The number of methoxy groups -OCH3 is 1. The van der Waals surface area contributed by atoms with E-state index in [0.717, 1.165) is 4.48 Å². The van der Waals surface area contributed by atoms with Crippen LogP contribution in [0.2, 0.25) is 0 Å². The van der Waals surface area contributed by atoms with E-state index in [-0.39, 0.29) is 6.61 Å². The van der Waals surface area contributed by atoms with Crippen LogP contribution in [0.15, 0.2) is 0 Å². The van der Waals surface area contributed by atoms with E-state index in [1.165, 1.54) is 13.7 Å². The molecule has 0 aliphatic carbocycles. The first-order chi connectivity index (χ1) is 5.33. The van der Waals surface area contributed by atoms with Crippen LogP contribution in [0, 0.1) is 0 Å². The molecule has 4 heteroatoms. The van der Waals surface area contributed by atoms with Crippen LogP contribution >= 0.6 is 0 Å². The molecular weight excluding hydrogens is 158 g/mol. The normalized spacial score (nSPS) is 10.1. The summed E-state index contributed by atoms with van der Waals surface area (Å²) in [5.74, 6) is -1.18. The fourth-order valence-corrected chi connectivity index (χ4v) is 0.118. The van der Waals surface area contributed by atoms with E-state index >= 15 is 0 Å². The van der Waals surface area contributed by atoms with E-state index in [1.807, 2.05) is 0 Å². The number of carbonyl (C=O) groups is 1. The lowest BCUT2D eigenvalue weighted by Crippen LogP contribution is -2.33. The lowest BCUT2D eigenvalue weighted by molar-refractivity contribution is -0.868. The molecule has 12 heavy (non-hydrogen) atoms. The zero-order valence-corrected chi connectivity index (χ0v) is 8.59. The van der Waals surface area contributed by atoms with E-state index in [2.05, 4.69) is 32.8 Å². The molecule has 0 radical (unpaired) electrons. The largest absolute Gasteiger partial charge is 0.548 e. The fourth-order valence-electron chi connectivity index (χ4n) is 0.118. The topological polar surface area (TPSA) is 49.4 Å². The van der Waals surface area contributed by atoms with E-state index < -0.39 is 5.97 Å². The molecule has 0 aromatic heterocycles. The standard InChI is InChI=1S/C5H14N.C3H6O3/c1-5-6(2,3)4;1-6-2-3(4)5/h5H2,1-4H3;2H2,1H3,(H,4,5)/q+1;/p-1. The Hall–Kier alpha value is -0.610. The van der Waals surface area contributed by atoms with Crippen molar-refractivity contribution in [1.29, 1.82) is 0 Å². The molecule has 74 valence electrons. The van der Waals surface area contributed by atoms with Gasteiger partial charge in [-0.05, 0) is 6.92 Å². The Bertz CT molecular complexity index is 118. The second-order valence-corrected chi connectivity index (χ2v) is 3.41. The molecule has 0 unspecified atom stereocenters. The highest BCUT2D eigenvalue weighted by molar-refractivity contribution is 5.65. The maximum absolute atomic E-state index is 9.36. The Labute approximate surface area is 74.3 Å². The van der Waals surface area contributed by atoms with Crippen LogP contribution in [-0.4, -0.2) is 51.9 Å². The van der Waals surface area contributed by atoms with Crippen molar-refractivity contribution in [2.75, 3.05) is 41.4 Å². The predicted octanol–water partition coefficient (Wildman–Crippen LogP) is -0.905. The average molecular weight is 177 g/mol. The third-order valence-electron chi connectivity index (χ3n) is 1.21. The van der Waals surface area contributed by atoms with Gasteiger partial charge in [0, 0.05) is 7.11 Å². The van der Waals surface area contributed by atoms with E-state index in [1.54, 1.807) is 0 Å². The Balaban J connectivity index is 0. The molecule has 0 heterocycles. The number of rotatable bonds is 3. The number of carbonyl (C=O) groups excluding carboxylic acids is 1. The van der Waals surface area contributed by atoms with Crippen molar-refractivity contribution in [3.63, 3.8) is 0 Å². The SMILES string of the molecule is CC[N+](C)(C)C.COCC(=O)[O-]. The van der Waals surface area contributed by atoms with Gasteiger partial charge in [-0.25, -0.2) is 0 Å². The Morgan fingerprint density at radius 3 is 1.75 bits per heavy atom. The number of hydrogen-bond acceptors (Lipinski definition) is 3. The Kier molecular flexibility index (Phi) is 8.21. The van der Waals surface area contributed by atoms with Crippen LogP contribution in [-0.2, 0) is 9.53 Å². The molecular formula is C8H19NO3. The maximum Gasteiger partial charge on any atom is 0.0857 e. The minimum Gasteiger partial charge on any atom is -0.548 e. The van der Waals surface area contributed by atoms with E-state index in [9.17, 15) is 9.90 Å². The van der Waals surface area contributed by atoms with Crippen molar-refractivity contribution in [1.82, 2.24) is 0 Å². The second kappa shape index (κ2) is 7.06. The molecule has 4 nitrogen and oxygen atoms in total. The zero-order valence-electron chi connectivity index (χ0n) is 8.59. The minimum atomic E-state index is -1.18. The van der Waals surface area contributed by atoms with Gasteiger partial charge in [-0.1, -0.05) is 0 Å². The quantitative estimate of drug-likeness (QED) is 0.525. The van der Waals surface area contributed by atoms with Crippen molar-refractivity contribution >= 4 is 5.97 Å². The zero-order chi connectivity index (χ0) is 10.2. The van der Waals surface area contributed by atoms with Crippen LogP contribution in [0.3, 0.4) is 0 Å². The first-order valence-corrected chi connectivity index (χ1v) is 3.82. The minimum absolute atomic E-state index is 0.319. The summed E-state index contributed by atoms with van der Waals surface area (Å²) in [6.45, 7) is 3.07. The monoisotopic (exact) mass is 177 g/mol. The van der Waals surface area contributed by atoms with E-state index in [4.69, 9.17) is 0 Å². The second-order valence-electron chi connectivity index (χ2n) is 3.41. The van der Waals surface area contributed by atoms with Gasteiger partial charge in [0.05, 0.1) is 40.3 Å². The average Bonchev–Trinajstić information content (AvgIpc) is 1.87. The van der Waals surface area contributed by atoms with Gasteiger partial charge < -0.3 is 19.1 Å². The highest BCUT2D eigenvalue weighted by atomic mass is 16.5. The van der Waals surface area contributed by atoms with Crippen LogP contribution < -0.4 is 5.11 Å². The molecule has 0 bridgehead atoms. The van der Waals surface area contributed by atoms with Gasteiger partial charge in [0.25, 0.3) is 0 Å². The molecule has 0 spiro atoms. The fraction of sp³-hybridized carbons (Fsp3) is 0.875. The molecule has 0 aliphatic rings. The molecule has 0 rings (SSSR count). The number of aliphatic carboxylic acids is 1. The number of carboxylic acids is 1. The highest BCUT2D eigenvalue weighted by Gasteiger charge is 1.97. The summed E-state index contributed by atoms with van der Waals surface area (Å²) in [5.41, 5.74) is 0. The smallest absolute Gasteiger partial charge is 0.0857 e. The first-order valence-electron chi connectivity index (χ1n) is 3.82. The van der Waals surface area contributed by atoms with E-state index in [0.29, 0.717) is 0 Å². The molecule has 0 atom stereocenters. The van der Waals surface area contributed by atoms with Gasteiger partial charge >= 0.3 is 0 Å². The summed E-state index contributed by atoms with van der Waals surface area (Å²) in [7, 11) is 7.84. The number of ether oxygens (including phenoxy) is 1. The third kappa shape index (κ3) is 22.8. The molecule has 0 saturated heterocycles. The lowest BCUT2D eigenvalue weighted by Gasteiger charge is -2.20. The summed E-state index contributed by atoms with van der Waals surface area (Å²) < 4.78 is 5.21. The Morgan fingerprint density at radius 1 is 1.42 bits per heavy atom. The molecule has 0 N–H and O–H groups in total. The summed E-state index contributed by atoms with van der Waals surface area (Å²) in [6, 6.07) is 0. The number of hydrogen-bond donors (Lipinski definition) is 0. The van der Waals surface area contributed by atoms with Crippen molar-refractivity contribution in [3.05, 3.63) is 0 Å². The summed E-state index contributed by atoms with van der Waals surface area (Å²) in [4.78, 5) is 9.36. The maximum atomic E-state index is 9.36. The number of nitrogens with zero attached hydrogens (tertiary/aromatic N) is 1. The van der Waals surface area contributed by atoms with Crippen molar-refractivity contribution in [2.24, 2.45) is 0 Å². The lowest BCUT2D eigenvalue weighted by atomic mass is 10.6. The molecule has 0 aromatic carbocycles. The van der Waals surface area contributed by atoms with Gasteiger partial charge in [-0.3, -0.25) is 0 Å². The van der Waals surface area contributed by atoms with Gasteiger partial charge in [-0.2, -0.15) is 0 Å². The molecule has 0 amide bonds. The summed E-state index contributed by atoms with van der Waals surface area (Å²) in [5, 5.41) is 9.36. The van der Waals surface area contributed by atoms with Gasteiger partial charge in [0.1, 0.15) is 0 Å². The van der Waals surface area contributed by atoms with Crippen LogP contribution in [0.5, 0.6) is 0 Å². The van der Waals surface area contributed by atoms with Crippen molar-refractivity contribution in [2.45, 2.75) is 6.92 Å². The third-order valence-corrected chi connectivity index (χ3v) is 1.21. The van der Waals surface area contributed by atoms with Gasteiger partial charge in [-0.15, -0.1) is 0 Å². The van der Waals surface area contributed by atoms with Crippen molar-refractivity contribution < 1.29 is 19.1 Å². The van der Waals surface area contributed by atoms with Crippen LogP contribution in [0.25, 0.3) is 0 Å². The molecule has 0 fully saturated rings. The summed E-state index contributed by atoms with van der Waals surface area (Å²) in [6.07, 6.45) is 0. The predicted molar refractivity (Wildman–Crippen MR) is 45.5 cm³/mol. The van der Waals surface area contributed by atoms with Crippen LogP contribution in [0.4, 0.5) is 0 Å². The van der Waals surface area contributed by atoms with Crippen LogP contribution in [0.1, 0.15) is 6.92 Å². The first kappa shape index (κ1) is 13.9. The molecule has 0 aliphatic heterocycles. The summed E-state index contributed by atoms with van der Waals surface area (Å²) >= 11 is 0. The molecule has 0 saturated carbocycles. The number of quaternary nitrogens is 1. The van der Waals surface area contributed by atoms with Gasteiger partial charge in [0.2, 0.25) is 0 Å². The Morgan fingerprint density at radius 2 is 1.75 bits per heavy atom. The molecule has 0 aromatic rings. The number of carboxylic acid groups (broad SMARTS) is 1. The van der Waals surface area contributed by atoms with Crippen molar-refractivity contribution in [3.8, 4) is 0 Å².